The fourth-order valence-corrected chi connectivity index (χ4v) is 3.35. The third-order valence-corrected chi connectivity index (χ3v) is 4.84. The molecule has 3 heterocycles. The van der Waals surface area contributed by atoms with Gasteiger partial charge in [0.15, 0.2) is 0 Å². The Morgan fingerprint density at radius 1 is 1.29 bits per heavy atom. The van der Waals surface area contributed by atoms with E-state index in [9.17, 15) is 9.90 Å². The summed E-state index contributed by atoms with van der Waals surface area (Å²) < 4.78 is 1.42. The minimum Gasteiger partial charge on any atom is -0.390 e. The standard InChI is InChI=1S/C15H26N6O3/c1-18-4-6-19(7-5-18)11-15(24)2-3-20(12-15)14(23)9-21-8-13(10-22)16-17-21/h8,22,24H,2-7,9-12H2,1H3. The third kappa shape index (κ3) is 4.10. The van der Waals surface area contributed by atoms with Crippen LogP contribution in [0.4, 0.5) is 0 Å². The summed E-state index contributed by atoms with van der Waals surface area (Å²) >= 11 is 0. The summed E-state index contributed by atoms with van der Waals surface area (Å²) in [4.78, 5) is 18.6. The van der Waals surface area contributed by atoms with E-state index in [-0.39, 0.29) is 19.1 Å². The number of carbonyl (C=O) groups excluding carboxylic acids is 1. The van der Waals surface area contributed by atoms with Gasteiger partial charge in [0, 0.05) is 39.3 Å². The first-order chi connectivity index (χ1) is 11.5. The lowest BCUT2D eigenvalue weighted by molar-refractivity contribution is -0.132. The van der Waals surface area contributed by atoms with Crippen LogP contribution in [-0.4, -0.2) is 104 Å². The highest BCUT2D eigenvalue weighted by Crippen LogP contribution is 2.23. The number of β-amino-alcohol motifs (C(OH)–C–C–N with tert-alkyl or cyclic N) is 1. The van der Waals surface area contributed by atoms with E-state index in [1.165, 1.54) is 4.68 Å². The predicted octanol–water partition coefficient (Wildman–Crippen LogP) is -2.02. The number of aliphatic hydroxyl groups is 2. The van der Waals surface area contributed by atoms with Crippen molar-refractivity contribution in [2.75, 3.05) is 52.9 Å². The molecule has 2 aliphatic rings. The topological polar surface area (TPSA) is 98.0 Å². The molecule has 2 N–H and O–H groups in total. The lowest BCUT2D eigenvalue weighted by Crippen LogP contribution is -2.52. The number of hydrogen-bond donors (Lipinski definition) is 2. The second-order valence-electron chi connectivity index (χ2n) is 6.93. The van der Waals surface area contributed by atoms with Crippen molar-refractivity contribution < 1.29 is 15.0 Å². The molecule has 2 fully saturated rings. The van der Waals surface area contributed by atoms with E-state index in [2.05, 4.69) is 27.2 Å². The van der Waals surface area contributed by atoms with Gasteiger partial charge in [-0.25, -0.2) is 4.68 Å². The van der Waals surface area contributed by atoms with Crippen molar-refractivity contribution >= 4 is 5.91 Å². The molecule has 0 saturated carbocycles. The second-order valence-corrected chi connectivity index (χ2v) is 6.93. The van der Waals surface area contributed by atoms with Gasteiger partial charge in [0.2, 0.25) is 5.91 Å². The Morgan fingerprint density at radius 2 is 2.04 bits per heavy atom. The first-order valence-electron chi connectivity index (χ1n) is 8.38. The molecule has 3 rings (SSSR count). The lowest BCUT2D eigenvalue weighted by atomic mass is 10.0. The number of carbonyl (C=O) groups is 1. The van der Waals surface area contributed by atoms with Crippen LogP contribution in [-0.2, 0) is 17.9 Å². The third-order valence-electron chi connectivity index (χ3n) is 4.84. The molecule has 1 aromatic rings. The van der Waals surface area contributed by atoms with Crippen LogP contribution in [0.1, 0.15) is 12.1 Å². The number of aromatic nitrogens is 3. The first-order valence-corrected chi connectivity index (χ1v) is 8.38. The molecule has 0 aliphatic carbocycles. The van der Waals surface area contributed by atoms with Gasteiger partial charge in [0.05, 0.1) is 24.9 Å². The normalized spacial score (nSPS) is 26.2. The number of rotatable bonds is 5. The van der Waals surface area contributed by atoms with E-state index in [0.29, 0.717) is 31.7 Å². The summed E-state index contributed by atoms with van der Waals surface area (Å²) in [6, 6.07) is 0. The molecule has 9 heteroatoms. The van der Waals surface area contributed by atoms with Crippen LogP contribution >= 0.6 is 0 Å². The summed E-state index contributed by atoms with van der Waals surface area (Å²) in [7, 11) is 2.11. The quantitative estimate of drug-likeness (QED) is 0.640. The number of likely N-dealkylation sites (N-methyl/N-ethyl adjacent to an activating group) is 1. The summed E-state index contributed by atoms with van der Waals surface area (Å²) in [5.41, 5.74) is -0.389. The van der Waals surface area contributed by atoms with Crippen molar-refractivity contribution in [2.24, 2.45) is 0 Å². The molecule has 24 heavy (non-hydrogen) atoms. The minimum absolute atomic E-state index is 0.0809. The van der Waals surface area contributed by atoms with E-state index in [1.54, 1.807) is 11.1 Å². The van der Waals surface area contributed by atoms with Crippen LogP contribution in [0.3, 0.4) is 0 Å². The van der Waals surface area contributed by atoms with Crippen molar-refractivity contribution in [3.63, 3.8) is 0 Å². The maximum atomic E-state index is 12.4. The van der Waals surface area contributed by atoms with Gasteiger partial charge in [-0.1, -0.05) is 5.21 Å². The van der Waals surface area contributed by atoms with Gasteiger partial charge in [0.1, 0.15) is 12.2 Å². The average Bonchev–Trinajstić information content (AvgIpc) is 3.16. The largest absolute Gasteiger partial charge is 0.390 e. The van der Waals surface area contributed by atoms with Crippen LogP contribution in [0.15, 0.2) is 6.20 Å². The highest BCUT2D eigenvalue weighted by Gasteiger charge is 2.39. The number of hydrogen-bond acceptors (Lipinski definition) is 7. The molecule has 2 aliphatic heterocycles. The molecular formula is C15H26N6O3. The summed E-state index contributed by atoms with van der Waals surface area (Å²) in [5.74, 6) is -0.0845. The second kappa shape index (κ2) is 7.14. The SMILES string of the molecule is CN1CCN(CC2(O)CCN(C(=O)Cn3cc(CO)nn3)C2)CC1. The summed E-state index contributed by atoms with van der Waals surface area (Å²) in [6.45, 7) is 5.36. The van der Waals surface area contributed by atoms with Gasteiger partial charge >= 0.3 is 0 Å². The fraction of sp³-hybridized carbons (Fsp3) is 0.800. The molecule has 0 aromatic carbocycles. The van der Waals surface area contributed by atoms with Gasteiger partial charge < -0.3 is 20.0 Å². The van der Waals surface area contributed by atoms with E-state index in [0.717, 1.165) is 26.2 Å². The molecule has 1 atom stereocenters. The minimum atomic E-state index is -0.829. The molecule has 0 bridgehead atoms. The van der Waals surface area contributed by atoms with Gasteiger partial charge in [-0.15, -0.1) is 5.10 Å². The van der Waals surface area contributed by atoms with Crippen molar-refractivity contribution in [1.29, 1.82) is 0 Å². The Morgan fingerprint density at radius 3 is 2.71 bits per heavy atom. The summed E-state index contributed by atoms with van der Waals surface area (Å²) in [6.07, 6.45) is 2.16. The Hall–Kier alpha value is -1.55. The lowest BCUT2D eigenvalue weighted by Gasteiger charge is -2.36. The maximum Gasteiger partial charge on any atom is 0.244 e. The zero-order valence-corrected chi connectivity index (χ0v) is 14.1. The monoisotopic (exact) mass is 338 g/mol. The van der Waals surface area contributed by atoms with E-state index < -0.39 is 5.60 Å². The molecule has 9 nitrogen and oxygen atoms in total. The fourth-order valence-electron chi connectivity index (χ4n) is 3.35. The highest BCUT2D eigenvalue weighted by atomic mass is 16.3. The number of likely N-dealkylation sites (tertiary alicyclic amines) is 1. The number of amides is 1. The smallest absolute Gasteiger partial charge is 0.244 e. The Balaban J connectivity index is 1.51. The Labute approximate surface area is 141 Å². The van der Waals surface area contributed by atoms with E-state index in [4.69, 9.17) is 5.11 Å². The summed E-state index contributed by atoms with van der Waals surface area (Å²) in [5, 5.41) is 27.4. The van der Waals surface area contributed by atoms with Crippen LogP contribution in [0.2, 0.25) is 0 Å². The molecule has 134 valence electrons. The predicted molar refractivity (Wildman–Crippen MR) is 86.0 cm³/mol. The Kier molecular flexibility index (Phi) is 5.14. The number of aliphatic hydroxyl groups excluding tert-OH is 1. The zero-order chi connectivity index (χ0) is 17.2. The first kappa shape index (κ1) is 17.3. The molecule has 2 saturated heterocycles. The van der Waals surface area contributed by atoms with Gasteiger partial charge in [-0.2, -0.15) is 0 Å². The number of piperazine rings is 1. The van der Waals surface area contributed by atoms with Crippen molar-refractivity contribution in [2.45, 2.75) is 25.2 Å². The maximum absolute atomic E-state index is 12.4. The van der Waals surface area contributed by atoms with Crippen LogP contribution in [0.25, 0.3) is 0 Å². The molecule has 1 aromatic heterocycles. The van der Waals surface area contributed by atoms with Gasteiger partial charge in [-0.3, -0.25) is 9.69 Å². The van der Waals surface area contributed by atoms with Crippen molar-refractivity contribution in [1.82, 2.24) is 29.7 Å². The molecule has 1 unspecified atom stereocenters. The Bertz CT molecular complexity index is 571. The average molecular weight is 338 g/mol. The molecular weight excluding hydrogens is 312 g/mol. The van der Waals surface area contributed by atoms with E-state index in [1.807, 2.05) is 0 Å². The van der Waals surface area contributed by atoms with Crippen molar-refractivity contribution in [3.05, 3.63) is 11.9 Å². The van der Waals surface area contributed by atoms with E-state index >= 15 is 0 Å². The molecule has 1 amide bonds. The zero-order valence-electron chi connectivity index (χ0n) is 14.1. The number of nitrogens with zero attached hydrogens (tertiary/aromatic N) is 6. The van der Waals surface area contributed by atoms with Crippen molar-refractivity contribution in [3.8, 4) is 0 Å². The highest BCUT2D eigenvalue weighted by molar-refractivity contribution is 5.76. The van der Waals surface area contributed by atoms with Crippen LogP contribution in [0, 0.1) is 0 Å². The van der Waals surface area contributed by atoms with Gasteiger partial charge in [0.25, 0.3) is 0 Å². The van der Waals surface area contributed by atoms with Crippen LogP contribution < -0.4 is 0 Å². The van der Waals surface area contributed by atoms with Gasteiger partial charge in [-0.05, 0) is 13.5 Å². The molecule has 0 spiro atoms. The van der Waals surface area contributed by atoms with Crippen LogP contribution in [0.5, 0.6) is 0 Å². The molecule has 0 radical (unpaired) electrons.